The molecule has 0 radical (unpaired) electrons. The van der Waals surface area contributed by atoms with E-state index in [1.165, 1.54) is 25.7 Å². The van der Waals surface area contributed by atoms with Gasteiger partial charge in [-0.3, -0.25) is 4.79 Å². The van der Waals surface area contributed by atoms with Crippen LogP contribution in [0.15, 0.2) is 0 Å². The normalized spacial score (nSPS) is 24.3. The number of ketones is 1. The molecule has 17 heavy (non-hydrogen) atoms. The Bertz CT molecular complexity index is 221. The van der Waals surface area contributed by atoms with Gasteiger partial charge in [0.2, 0.25) is 0 Å². The van der Waals surface area contributed by atoms with Crippen molar-refractivity contribution in [2.45, 2.75) is 59.3 Å². The number of piperidine rings is 1. The molecule has 0 aromatic carbocycles. The van der Waals surface area contributed by atoms with Gasteiger partial charge in [-0.25, -0.2) is 0 Å². The molecule has 3 unspecified atom stereocenters. The van der Waals surface area contributed by atoms with E-state index in [1.807, 2.05) is 0 Å². The van der Waals surface area contributed by atoms with Crippen molar-refractivity contribution in [2.24, 2.45) is 17.8 Å². The van der Waals surface area contributed by atoms with Crippen LogP contribution >= 0.6 is 0 Å². The predicted octanol–water partition coefficient (Wildman–Crippen LogP) is 3.41. The summed E-state index contributed by atoms with van der Waals surface area (Å²) in [6, 6.07) is 0. The van der Waals surface area contributed by atoms with Crippen molar-refractivity contribution in [1.29, 1.82) is 0 Å². The summed E-state index contributed by atoms with van der Waals surface area (Å²) in [5.74, 6) is 2.33. The highest BCUT2D eigenvalue weighted by Gasteiger charge is 2.22. The van der Waals surface area contributed by atoms with Crippen molar-refractivity contribution >= 4 is 5.78 Å². The van der Waals surface area contributed by atoms with Gasteiger partial charge in [-0.15, -0.1) is 0 Å². The predicted molar refractivity (Wildman–Crippen MR) is 73.1 cm³/mol. The lowest BCUT2D eigenvalue weighted by Crippen LogP contribution is -2.34. The largest absolute Gasteiger partial charge is 0.316 e. The van der Waals surface area contributed by atoms with Gasteiger partial charge in [-0.1, -0.05) is 33.6 Å². The number of carbonyl (C=O) groups is 1. The van der Waals surface area contributed by atoms with Crippen LogP contribution < -0.4 is 5.32 Å². The molecule has 0 aromatic rings. The minimum Gasteiger partial charge on any atom is -0.316 e. The molecule has 1 fully saturated rings. The van der Waals surface area contributed by atoms with Gasteiger partial charge in [0.15, 0.2) is 0 Å². The molecule has 0 saturated carbocycles. The van der Waals surface area contributed by atoms with Crippen molar-refractivity contribution in [3.05, 3.63) is 0 Å². The van der Waals surface area contributed by atoms with E-state index in [9.17, 15) is 4.79 Å². The van der Waals surface area contributed by atoms with Crippen molar-refractivity contribution in [1.82, 2.24) is 5.32 Å². The van der Waals surface area contributed by atoms with Gasteiger partial charge in [-0.2, -0.15) is 0 Å². The van der Waals surface area contributed by atoms with Gasteiger partial charge in [0.25, 0.3) is 0 Å². The Morgan fingerprint density at radius 2 is 2.12 bits per heavy atom. The first-order valence-corrected chi connectivity index (χ1v) is 7.35. The smallest absolute Gasteiger partial charge is 0.133 e. The average Bonchev–Trinajstić information content (AvgIpc) is 2.30. The number of carbonyl (C=O) groups excluding carboxylic acids is 1. The van der Waals surface area contributed by atoms with Crippen LogP contribution in [0.25, 0.3) is 0 Å². The molecule has 0 aliphatic carbocycles. The molecular formula is C15H29NO. The molecule has 2 nitrogen and oxygen atoms in total. The van der Waals surface area contributed by atoms with Crippen LogP contribution in [-0.4, -0.2) is 18.9 Å². The van der Waals surface area contributed by atoms with Gasteiger partial charge >= 0.3 is 0 Å². The second-order valence-corrected chi connectivity index (χ2v) is 5.92. The Morgan fingerprint density at radius 1 is 1.35 bits per heavy atom. The maximum absolute atomic E-state index is 12.0. The van der Waals surface area contributed by atoms with Crippen molar-refractivity contribution in [3.8, 4) is 0 Å². The number of rotatable bonds is 7. The Kier molecular flexibility index (Phi) is 6.79. The molecule has 1 saturated heterocycles. The lowest BCUT2D eigenvalue weighted by atomic mass is 9.83. The van der Waals surface area contributed by atoms with Crippen molar-refractivity contribution in [3.63, 3.8) is 0 Å². The molecule has 0 amide bonds. The fraction of sp³-hybridized carbons (Fsp3) is 0.933. The zero-order valence-electron chi connectivity index (χ0n) is 11.8. The lowest BCUT2D eigenvalue weighted by Gasteiger charge is -2.28. The monoisotopic (exact) mass is 239 g/mol. The van der Waals surface area contributed by atoms with E-state index in [1.54, 1.807) is 0 Å². The molecule has 0 bridgehead atoms. The van der Waals surface area contributed by atoms with Gasteiger partial charge in [-0.05, 0) is 43.7 Å². The third-order valence-electron chi connectivity index (χ3n) is 4.05. The molecule has 1 aliphatic heterocycles. The van der Waals surface area contributed by atoms with E-state index in [-0.39, 0.29) is 0 Å². The molecule has 0 spiro atoms. The number of Topliss-reactive ketones (excluding diaryl/α,β-unsaturated/α-hetero) is 1. The second-order valence-electron chi connectivity index (χ2n) is 5.92. The topological polar surface area (TPSA) is 29.1 Å². The van der Waals surface area contributed by atoms with Crippen LogP contribution in [0.5, 0.6) is 0 Å². The average molecular weight is 239 g/mol. The van der Waals surface area contributed by atoms with Crippen molar-refractivity contribution in [2.75, 3.05) is 13.1 Å². The van der Waals surface area contributed by atoms with E-state index in [0.29, 0.717) is 23.5 Å². The molecular weight excluding hydrogens is 210 g/mol. The lowest BCUT2D eigenvalue weighted by molar-refractivity contribution is -0.121. The molecule has 3 atom stereocenters. The third kappa shape index (κ3) is 5.67. The van der Waals surface area contributed by atoms with E-state index in [2.05, 4.69) is 26.1 Å². The van der Waals surface area contributed by atoms with Crippen LogP contribution in [0.3, 0.4) is 0 Å². The molecule has 1 N–H and O–H groups in total. The van der Waals surface area contributed by atoms with Gasteiger partial charge in [0.05, 0.1) is 0 Å². The van der Waals surface area contributed by atoms with Crippen LogP contribution in [-0.2, 0) is 4.79 Å². The quantitative estimate of drug-likeness (QED) is 0.737. The first-order valence-electron chi connectivity index (χ1n) is 7.35. The second kappa shape index (κ2) is 7.86. The fourth-order valence-corrected chi connectivity index (χ4v) is 2.96. The van der Waals surface area contributed by atoms with Gasteiger partial charge in [0, 0.05) is 12.8 Å². The van der Waals surface area contributed by atoms with E-state index in [4.69, 9.17) is 0 Å². The first-order chi connectivity index (χ1) is 8.13. The highest BCUT2D eigenvalue weighted by molar-refractivity contribution is 5.78. The summed E-state index contributed by atoms with van der Waals surface area (Å²) in [5.41, 5.74) is 0. The maximum atomic E-state index is 12.0. The van der Waals surface area contributed by atoms with Crippen LogP contribution in [0.2, 0.25) is 0 Å². The minimum atomic E-state index is 0.476. The van der Waals surface area contributed by atoms with Gasteiger partial charge in [0.1, 0.15) is 5.78 Å². The zero-order chi connectivity index (χ0) is 12.7. The Balaban J connectivity index is 2.24. The molecule has 0 aromatic heterocycles. The number of hydrogen-bond acceptors (Lipinski definition) is 2. The van der Waals surface area contributed by atoms with E-state index >= 15 is 0 Å². The summed E-state index contributed by atoms with van der Waals surface area (Å²) in [4.78, 5) is 12.0. The first kappa shape index (κ1) is 14.7. The molecule has 2 heteroatoms. The van der Waals surface area contributed by atoms with E-state index in [0.717, 1.165) is 25.9 Å². The SMILES string of the molecule is CCCC(C)CC(=O)CC(C)C1CCCNC1. The highest BCUT2D eigenvalue weighted by atomic mass is 16.1. The summed E-state index contributed by atoms with van der Waals surface area (Å²) in [6.45, 7) is 8.91. The molecule has 1 heterocycles. The summed E-state index contributed by atoms with van der Waals surface area (Å²) < 4.78 is 0. The zero-order valence-corrected chi connectivity index (χ0v) is 11.8. The Labute approximate surface area is 107 Å². The molecule has 100 valence electrons. The molecule has 1 rings (SSSR count). The maximum Gasteiger partial charge on any atom is 0.133 e. The molecule has 1 aliphatic rings. The standard InChI is InChI=1S/C15H29NO/c1-4-6-12(2)9-15(17)10-13(3)14-7-5-8-16-11-14/h12-14,16H,4-11H2,1-3H3. The third-order valence-corrected chi connectivity index (χ3v) is 4.05. The van der Waals surface area contributed by atoms with E-state index < -0.39 is 0 Å². The van der Waals surface area contributed by atoms with Gasteiger partial charge < -0.3 is 5.32 Å². The Morgan fingerprint density at radius 3 is 2.71 bits per heavy atom. The summed E-state index contributed by atoms with van der Waals surface area (Å²) in [6.07, 6.45) is 6.53. The minimum absolute atomic E-state index is 0.476. The highest BCUT2D eigenvalue weighted by Crippen LogP contribution is 2.24. The summed E-state index contributed by atoms with van der Waals surface area (Å²) in [7, 11) is 0. The van der Waals surface area contributed by atoms with Crippen LogP contribution in [0, 0.1) is 17.8 Å². The van der Waals surface area contributed by atoms with Crippen molar-refractivity contribution < 1.29 is 4.79 Å². The summed E-state index contributed by atoms with van der Waals surface area (Å²) in [5, 5.41) is 3.44. The summed E-state index contributed by atoms with van der Waals surface area (Å²) >= 11 is 0. The number of hydrogen-bond donors (Lipinski definition) is 1. The fourth-order valence-electron chi connectivity index (χ4n) is 2.96. The van der Waals surface area contributed by atoms with Crippen LogP contribution in [0.4, 0.5) is 0 Å². The Hall–Kier alpha value is -0.370. The van der Waals surface area contributed by atoms with Crippen LogP contribution in [0.1, 0.15) is 59.3 Å². The number of nitrogens with one attached hydrogen (secondary N) is 1.